The molecule has 0 amide bonds. The fourth-order valence-electron chi connectivity index (χ4n) is 1.55. The summed E-state index contributed by atoms with van der Waals surface area (Å²) in [6.45, 7) is -0.0219. The second kappa shape index (κ2) is 5.70. The first-order chi connectivity index (χ1) is 10.1. The minimum Gasteiger partial charge on any atom is -0.482 e. The first-order valence-electron chi connectivity index (χ1n) is 5.65. The van der Waals surface area contributed by atoms with Crippen LogP contribution in [-0.4, -0.2) is 21.3 Å². The molecule has 0 fully saturated rings. The number of hydrogen-bond acceptors (Lipinski definition) is 7. The third-order valence-electron chi connectivity index (χ3n) is 2.43. The molecular formula is C12H7BrN2O5S. The Hall–Kier alpha value is -2.13. The van der Waals surface area contributed by atoms with Crippen molar-refractivity contribution in [2.24, 2.45) is 0 Å². The normalized spacial score (nSPS) is 10.7. The summed E-state index contributed by atoms with van der Waals surface area (Å²) in [5.74, 6) is 0.116. The van der Waals surface area contributed by atoms with E-state index in [1.165, 1.54) is 0 Å². The molecule has 0 unspecified atom stereocenters. The lowest BCUT2D eigenvalue weighted by atomic mass is 10.4. The number of halogens is 1. The number of thiophene rings is 1. The average Bonchev–Trinajstić information content (AvgIpc) is 3.15. The molecule has 3 aromatic heterocycles. The Labute approximate surface area is 130 Å². The molecule has 1 N–H and O–H groups in total. The van der Waals surface area contributed by atoms with Crippen molar-refractivity contribution in [3.8, 4) is 17.4 Å². The summed E-state index contributed by atoms with van der Waals surface area (Å²) >= 11 is 4.27. The molecule has 0 aliphatic heterocycles. The lowest BCUT2D eigenvalue weighted by molar-refractivity contribution is 0.0697. The molecule has 3 rings (SSSR count). The van der Waals surface area contributed by atoms with Crippen LogP contribution in [0.2, 0.25) is 0 Å². The van der Waals surface area contributed by atoms with Crippen molar-refractivity contribution in [1.29, 1.82) is 0 Å². The van der Waals surface area contributed by atoms with E-state index in [2.05, 4.69) is 26.1 Å². The molecular weight excluding hydrogens is 364 g/mol. The lowest BCUT2D eigenvalue weighted by Crippen LogP contribution is -2.00. The van der Waals surface area contributed by atoms with E-state index >= 15 is 0 Å². The highest BCUT2D eigenvalue weighted by Crippen LogP contribution is 2.27. The van der Waals surface area contributed by atoms with Crippen LogP contribution in [0.3, 0.4) is 0 Å². The van der Waals surface area contributed by atoms with Crippen molar-refractivity contribution >= 4 is 33.2 Å². The number of carbonyl (C=O) groups is 1. The van der Waals surface area contributed by atoms with Crippen molar-refractivity contribution < 1.29 is 23.5 Å². The van der Waals surface area contributed by atoms with E-state index in [1.54, 1.807) is 23.6 Å². The van der Waals surface area contributed by atoms with Gasteiger partial charge in [-0.05, 0) is 39.5 Å². The smallest absolute Gasteiger partial charge is 0.349 e. The Morgan fingerprint density at radius 2 is 2.19 bits per heavy atom. The molecule has 0 saturated carbocycles. The van der Waals surface area contributed by atoms with Crippen LogP contribution in [0.15, 0.2) is 37.1 Å². The largest absolute Gasteiger partial charge is 0.482 e. The first kappa shape index (κ1) is 13.8. The molecule has 0 radical (unpaired) electrons. The van der Waals surface area contributed by atoms with Gasteiger partial charge < -0.3 is 18.7 Å². The fraction of sp³-hybridized carbons (Fsp3) is 0.0833. The maximum Gasteiger partial charge on any atom is 0.349 e. The molecule has 0 atom stereocenters. The van der Waals surface area contributed by atoms with E-state index < -0.39 is 5.97 Å². The van der Waals surface area contributed by atoms with E-state index in [0.29, 0.717) is 10.4 Å². The van der Waals surface area contributed by atoms with Crippen molar-refractivity contribution in [2.45, 2.75) is 6.61 Å². The number of nitrogens with zero attached hydrogens (tertiary/aromatic N) is 2. The highest BCUT2D eigenvalue weighted by Gasteiger charge is 2.16. The topological polar surface area (TPSA) is 98.6 Å². The molecule has 0 saturated heterocycles. The van der Waals surface area contributed by atoms with Gasteiger partial charge in [0, 0.05) is 0 Å². The molecule has 0 spiro atoms. The zero-order valence-electron chi connectivity index (χ0n) is 10.3. The Morgan fingerprint density at radius 1 is 1.33 bits per heavy atom. The molecule has 9 heteroatoms. The maximum absolute atomic E-state index is 10.9. The van der Waals surface area contributed by atoms with Gasteiger partial charge in [-0.1, -0.05) is 0 Å². The predicted octanol–water partition coefficient (Wildman–Crippen LogP) is 3.43. The molecule has 108 valence electrons. The minimum absolute atomic E-state index is 0.0219. The molecule has 3 aromatic rings. The molecule has 0 aromatic carbocycles. The highest BCUT2D eigenvalue weighted by atomic mass is 79.9. The number of aromatic nitrogens is 2. The highest BCUT2D eigenvalue weighted by molar-refractivity contribution is 9.10. The Balaban J connectivity index is 1.70. The number of rotatable bonds is 5. The van der Waals surface area contributed by atoms with Gasteiger partial charge in [0.2, 0.25) is 0 Å². The van der Waals surface area contributed by atoms with Gasteiger partial charge in [-0.3, -0.25) is 0 Å². The van der Waals surface area contributed by atoms with E-state index in [1.807, 2.05) is 0 Å². The number of furan rings is 1. The van der Waals surface area contributed by atoms with Crippen LogP contribution in [0.5, 0.6) is 5.75 Å². The Bertz CT molecular complexity index is 778. The molecule has 0 bridgehead atoms. The number of carboxylic acid groups (broad SMARTS) is 1. The van der Waals surface area contributed by atoms with Crippen molar-refractivity contribution in [2.75, 3.05) is 0 Å². The fourth-order valence-corrected chi connectivity index (χ4v) is 2.53. The molecule has 0 aliphatic rings. The standard InChI is InChI=1S/C12H7BrN2O5S/c13-8-2-1-7(19-8)11-15-14-9(20-11)5-18-6-3-4-21-10(6)12(16)17/h1-4H,5H2,(H,16,17). The monoisotopic (exact) mass is 370 g/mol. The zero-order valence-corrected chi connectivity index (χ0v) is 12.7. The van der Waals surface area contributed by atoms with Gasteiger partial charge in [0.15, 0.2) is 21.9 Å². The van der Waals surface area contributed by atoms with Crippen molar-refractivity contribution in [3.63, 3.8) is 0 Å². The number of carboxylic acids is 1. The summed E-state index contributed by atoms with van der Waals surface area (Å²) in [6.07, 6.45) is 0. The molecule has 7 nitrogen and oxygen atoms in total. The van der Waals surface area contributed by atoms with Crippen LogP contribution in [-0.2, 0) is 6.61 Å². The van der Waals surface area contributed by atoms with Crippen LogP contribution in [0.4, 0.5) is 0 Å². The molecule has 0 aliphatic carbocycles. The second-order valence-electron chi connectivity index (χ2n) is 3.81. The van der Waals surface area contributed by atoms with Crippen LogP contribution >= 0.6 is 27.3 Å². The van der Waals surface area contributed by atoms with Crippen molar-refractivity contribution in [3.05, 3.63) is 39.0 Å². The number of aromatic carboxylic acids is 1. The lowest BCUT2D eigenvalue weighted by Gasteiger charge is -2.01. The summed E-state index contributed by atoms with van der Waals surface area (Å²) < 4.78 is 16.6. The van der Waals surface area contributed by atoms with Gasteiger partial charge in [0.1, 0.15) is 5.75 Å². The van der Waals surface area contributed by atoms with Crippen LogP contribution in [0.25, 0.3) is 11.7 Å². The molecule has 21 heavy (non-hydrogen) atoms. The van der Waals surface area contributed by atoms with E-state index in [0.717, 1.165) is 11.3 Å². The molecule has 3 heterocycles. The Morgan fingerprint density at radius 3 is 2.90 bits per heavy atom. The third kappa shape index (κ3) is 2.98. The zero-order chi connectivity index (χ0) is 14.8. The summed E-state index contributed by atoms with van der Waals surface area (Å²) in [4.78, 5) is 11.1. The third-order valence-corrected chi connectivity index (χ3v) is 3.74. The van der Waals surface area contributed by atoms with Crippen molar-refractivity contribution in [1.82, 2.24) is 10.2 Å². The van der Waals surface area contributed by atoms with Gasteiger partial charge in [0.05, 0.1) is 0 Å². The summed E-state index contributed by atoms with van der Waals surface area (Å²) in [5, 5.41) is 18.3. The van der Waals surface area contributed by atoms with Crippen LogP contribution < -0.4 is 4.74 Å². The number of hydrogen-bond donors (Lipinski definition) is 1. The predicted molar refractivity (Wildman–Crippen MR) is 75.3 cm³/mol. The summed E-state index contributed by atoms with van der Waals surface area (Å²) in [5.41, 5.74) is 0. The summed E-state index contributed by atoms with van der Waals surface area (Å²) in [7, 11) is 0. The van der Waals surface area contributed by atoms with Gasteiger partial charge in [0.25, 0.3) is 11.8 Å². The van der Waals surface area contributed by atoms with E-state index in [-0.39, 0.29) is 29.0 Å². The van der Waals surface area contributed by atoms with Gasteiger partial charge in [-0.2, -0.15) is 0 Å². The van der Waals surface area contributed by atoms with Crippen LogP contribution in [0.1, 0.15) is 15.6 Å². The Kier molecular flexibility index (Phi) is 3.76. The van der Waals surface area contributed by atoms with Crippen LogP contribution in [0, 0.1) is 0 Å². The van der Waals surface area contributed by atoms with Gasteiger partial charge in [-0.15, -0.1) is 21.5 Å². The summed E-state index contributed by atoms with van der Waals surface area (Å²) in [6, 6.07) is 4.97. The van der Waals surface area contributed by atoms with Gasteiger partial charge >= 0.3 is 5.97 Å². The number of ether oxygens (including phenoxy) is 1. The first-order valence-corrected chi connectivity index (χ1v) is 7.32. The van der Waals surface area contributed by atoms with E-state index in [9.17, 15) is 4.79 Å². The quantitative estimate of drug-likeness (QED) is 0.734. The SMILES string of the molecule is O=C(O)c1sccc1OCc1nnc(-c2ccc(Br)o2)o1. The second-order valence-corrected chi connectivity index (χ2v) is 5.51. The minimum atomic E-state index is -1.04. The average molecular weight is 371 g/mol. The van der Waals surface area contributed by atoms with Gasteiger partial charge in [-0.25, -0.2) is 4.79 Å². The van der Waals surface area contributed by atoms with E-state index in [4.69, 9.17) is 18.7 Å². The maximum atomic E-state index is 10.9.